The van der Waals surface area contributed by atoms with Crippen molar-refractivity contribution in [1.82, 2.24) is 0 Å². The van der Waals surface area contributed by atoms with E-state index in [4.69, 9.17) is 23.2 Å². The van der Waals surface area contributed by atoms with Crippen LogP contribution in [0.1, 0.15) is 32.1 Å². The molecule has 2 saturated carbocycles. The third-order valence-electron chi connectivity index (χ3n) is 6.44. The summed E-state index contributed by atoms with van der Waals surface area (Å²) >= 11 is 12.1. The summed E-state index contributed by atoms with van der Waals surface area (Å²) < 4.78 is 0. The number of nitrogens with zero attached hydrogens (tertiary/aromatic N) is 1. The van der Waals surface area contributed by atoms with Crippen LogP contribution in [0.5, 0.6) is 0 Å². The van der Waals surface area contributed by atoms with E-state index in [0.29, 0.717) is 15.7 Å². The van der Waals surface area contributed by atoms with Crippen LogP contribution in [0.2, 0.25) is 10.0 Å². The van der Waals surface area contributed by atoms with Gasteiger partial charge in [0.1, 0.15) is 0 Å². The summed E-state index contributed by atoms with van der Waals surface area (Å²) in [6.07, 6.45) is 10.3. The highest BCUT2D eigenvalue weighted by molar-refractivity contribution is 6.42. The van der Waals surface area contributed by atoms with Gasteiger partial charge in [-0.05, 0) is 43.9 Å². The molecule has 1 saturated heterocycles. The lowest BCUT2D eigenvalue weighted by Gasteiger charge is -2.23. The Balaban J connectivity index is 1.53. The molecule has 1 aromatic rings. The van der Waals surface area contributed by atoms with Gasteiger partial charge in [-0.15, -0.1) is 0 Å². The fraction of sp³-hybridized carbons (Fsp3) is 0.429. The first-order valence-electron chi connectivity index (χ1n) is 9.31. The van der Waals surface area contributed by atoms with Crippen molar-refractivity contribution in [2.75, 3.05) is 4.90 Å². The van der Waals surface area contributed by atoms with E-state index in [1.807, 2.05) is 0 Å². The number of hydrogen-bond donors (Lipinski definition) is 0. The number of hydrogen-bond acceptors (Lipinski definition) is 2. The van der Waals surface area contributed by atoms with E-state index < -0.39 is 0 Å². The molecule has 2 bridgehead atoms. The molecule has 0 aromatic heterocycles. The van der Waals surface area contributed by atoms with Gasteiger partial charge in [-0.3, -0.25) is 9.59 Å². The van der Waals surface area contributed by atoms with Crippen LogP contribution in [0.25, 0.3) is 0 Å². The summed E-state index contributed by atoms with van der Waals surface area (Å²) in [4.78, 5) is 27.7. The SMILES string of the molecule is O=C1[C@@H]2[C@H](C(=O)N1c1ccc(Cl)c(Cl)c1)[C@H]1C=C[C@@H]2C1=C1CCCCC1. The minimum atomic E-state index is -0.253. The highest BCUT2D eigenvalue weighted by Gasteiger charge is 2.62. The van der Waals surface area contributed by atoms with Gasteiger partial charge in [0, 0.05) is 11.8 Å². The second kappa shape index (κ2) is 5.97. The fourth-order valence-corrected chi connectivity index (χ4v) is 5.67. The number of rotatable bonds is 1. The summed E-state index contributed by atoms with van der Waals surface area (Å²) in [6.45, 7) is 0. The highest BCUT2D eigenvalue weighted by atomic mass is 35.5. The average molecular weight is 388 g/mol. The Morgan fingerprint density at radius 3 is 2.04 bits per heavy atom. The van der Waals surface area contributed by atoms with Crippen LogP contribution >= 0.6 is 23.2 Å². The molecular formula is C21H19Cl2NO2. The second-order valence-corrected chi connectivity index (χ2v) is 8.53. The maximum atomic E-state index is 13.2. The minimum Gasteiger partial charge on any atom is -0.274 e. The molecule has 2 amide bonds. The minimum absolute atomic E-state index is 0.0934. The first-order valence-corrected chi connectivity index (χ1v) is 10.1. The molecule has 3 aliphatic carbocycles. The van der Waals surface area contributed by atoms with Crippen LogP contribution in [-0.2, 0) is 9.59 Å². The van der Waals surface area contributed by atoms with E-state index in [2.05, 4.69) is 12.2 Å². The van der Waals surface area contributed by atoms with Gasteiger partial charge >= 0.3 is 0 Å². The smallest absolute Gasteiger partial charge is 0.238 e. The van der Waals surface area contributed by atoms with Crippen LogP contribution in [-0.4, -0.2) is 11.8 Å². The van der Waals surface area contributed by atoms with Crippen LogP contribution in [0.15, 0.2) is 41.5 Å². The van der Waals surface area contributed by atoms with Gasteiger partial charge in [0.05, 0.1) is 27.6 Å². The predicted molar refractivity (Wildman–Crippen MR) is 102 cm³/mol. The van der Waals surface area contributed by atoms with Gasteiger partial charge in [-0.25, -0.2) is 4.90 Å². The molecule has 4 aliphatic rings. The second-order valence-electron chi connectivity index (χ2n) is 7.72. The quantitative estimate of drug-likeness (QED) is 0.491. The molecule has 0 spiro atoms. The van der Waals surface area contributed by atoms with E-state index in [-0.39, 0.29) is 35.5 Å². The summed E-state index contributed by atoms with van der Waals surface area (Å²) in [7, 11) is 0. The van der Waals surface area contributed by atoms with E-state index in [9.17, 15) is 9.59 Å². The molecule has 134 valence electrons. The van der Waals surface area contributed by atoms with Crippen LogP contribution in [0.4, 0.5) is 5.69 Å². The van der Waals surface area contributed by atoms with Crippen molar-refractivity contribution in [2.45, 2.75) is 32.1 Å². The molecule has 1 heterocycles. The van der Waals surface area contributed by atoms with E-state index >= 15 is 0 Å². The van der Waals surface area contributed by atoms with Gasteiger partial charge in [0.2, 0.25) is 11.8 Å². The van der Waals surface area contributed by atoms with E-state index in [1.54, 1.807) is 18.2 Å². The maximum absolute atomic E-state index is 13.2. The third kappa shape index (κ3) is 2.20. The van der Waals surface area contributed by atoms with Crippen LogP contribution in [0, 0.1) is 23.7 Å². The first kappa shape index (κ1) is 16.6. The molecule has 26 heavy (non-hydrogen) atoms. The molecule has 0 unspecified atom stereocenters. The lowest BCUT2D eigenvalue weighted by atomic mass is 9.85. The van der Waals surface area contributed by atoms with Crippen molar-refractivity contribution < 1.29 is 9.59 Å². The van der Waals surface area contributed by atoms with Gasteiger partial charge < -0.3 is 0 Å². The fourth-order valence-electron chi connectivity index (χ4n) is 5.38. The van der Waals surface area contributed by atoms with Crippen molar-refractivity contribution in [3.05, 3.63) is 51.5 Å². The third-order valence-corrected chi connectivity index (χ3v) is 7.18. The number of carbonyl (C=O) groups is 2. The number of fused-ring (bicyclic) bond motifs is 5. The van der Waals surface area contributed by atoms with E-state index in [0.717, 1.165) is 12.8 Å². The Labute approximate surface area is 162 Å². The maximum Gasteiger partial charge on any atom is 0.238 e. The van der Waals surface area contributed by atoms with Crippen molar-refractivity contribution in [2.24, 2.45) is 23.7 Å². The molecule has 1 aliphatic heterocycles. The molecule has 0 N–H and O–H groups in total. The lowest BCUT2D eigenvalue weighted by molar-refractivity contribution is -0.122. The Hall–Kier alpha value is -1.58. The van der Waals surface area contributed by atoms with Crippen LogP contribution < -0.4 is 4.90 Å². The van der Waals surface area contributed by atoms with Gasteiger partial charge in [-0.1, -0.05) is 52.9 Å². The van der Waals surface area contributed by atoms with Gasteiger partial charge in [0.15, 0.2) is 0 Å². The molecular weight excluding hydrogens is 369 g/mol. The molecule has 3 nitrogen and oxygen atoms in total. The van der Waals surface area contributed by atoms with Crippen molar-refractivity contribution in [3.63, 3.8) is 0 Å². The summed E-state index contributed by atoms with van der Waals surface area (Å²) in [5.74, 6) is -0.495. The number of halogens is 2. The zero-order chi connectivity index (χ0) is 18.0. The first-order chi connectivity index (χ1) is 12.6. The predicted octanol–water partition coefficient (Wildman–Crippen LogP) is 5.18. The number of anilines is 1. The molecule has 1 aromatic carbocycles. The highest BCUT2D eigenvalue weighted by Crippen LogP contribution is 2.58. The molecule has 5 heteroatoms. The Kier molecular flexibility index (Phi) is 3.81. The summed E-state index contributed by atoms with van der Waals surface area (Å²) in [5, 5.41) is 0.772. The zero-order valence-electron chi connectivity index (χ0n) is 14.3. The number of benzene rings is 1. The Morgan fingerprint density at radius 2 is 1.46 bits per heavy atom. The normalized spacial score (nSPS) is 32.8. The number of allylic oxidation sites excluding steroid dienone is 4. The van der Waals surface area contributed by atoms with Gasteiger partial charge in [-0.2, -0.15) is 0 Å². The number of imide groups is 1. The average Bonchev–Trinajstić information content (AvgIpc) is 3.28. The monoisotopic (exact) mass is 387 g/mol. The Morgan fingerprint density at radius 1 is 0.846 bits per heavy atom. The van der Waals surface area contributed by atoms with Crippen molar-refractivity contribution in [3.8, 4) is 0 Å². The molecule has 3 fully saturated rings. The van der Waals surface area contributed by atoms with Gasteiger partial charge in [0.25, 0.3) is 0 Å². The standard InChI is InChI=1S/C21H19Cl2NO2/c22-15-9-6-12(10-16(15)23)24-20(25)18-13-7-8-14(19(18)21(24)26)17(13)11-4-2-1-3-5-11/h6-10,13-14,18-19H,1-5H2/t13-,14+,18+,19-. The van der Waals surface area contributed by atoms with Crippen LogP contribution in [0.3, 0.4) is 0 Å². The lowest BCUT2D eigenvalue weighted by Crippen LogP contribution is -2.33. The number of carbonyl (C=O) groups excluding carboxylic acids is 2. The Bertz CT molecular complexity index is 846. The largest absolute Gasteiger partial charge is 0.274 e. The molecule has 0 radical (unpaired) electrons. The molecule has 4 atom stereocenters. The van der Waals surface area contributed by atoms with Crippen molar-refractivity contribution in [1.29, 1.82) is 0 Å². The number of amides is 2. The summed E-state index contributed by atoms with van der Waals surface area (Å²) in [6, 6.07) is 4.94. The topological polar surface area (TPSA) is 37.4 Å². The van der Waals surface area contributed by atoms with Crippen molar-refractivity contribution >= 4 is 40.7 Å². The molecule has 5 rings (SSSR count). The zero-order valence-corrected chi connectivity index (χ0v) is 15.8. The summed E-state index contributed by atoms with van der Waals surface area (Å²) in [5.41, 5.74) is 3.41. The van der Waals surface area contributed by atoms with E-state index in [1.165, 1.54) is 35.3 Å².